The van der Waals surface area contributed by atoms with Crippen LogP contribution in [0.4, 0.5) is 0 Å². The molecule has 0 aromatic rings. The molecule has 1 unspecified atom stereocenters. The van der Waals surface area contributed by atoms with E-state index in [0.717, 1.165) is 31.8 Å². The first-order valence-electron chi connectivity index (χ1n) is 5.83. The standard InChI is InChI=1S/C11H24N2O/c1-13-8-5-11(10-13)4-7-12-6-2-3-9-14/h11-12,14H,2-10H2,1H3. The Morgan fingerprint density at radius 1 is 1.36 bits per heavy atom. The zero-order valence-corrected chi connectivity index (χ0v) is 9.34. The second-order valence-electron chi connectivity index (χ2n) is 4.39. The Bertz CT molecular complexity index is 141. The van der Waals surface area contributed by atoms with E-state index in [4.69, 9.17) is 5.11 Å². The van der Waals surface area contributed by atoms with Crippen molar-refractivity contribution in [3.05, 3.63) is 0 Å². The van der Waals surface area contributed by atoms with Crippen molar-refractivity contribution in [2.45, 2.75) is 25.7 Å². The second kappa shape index (κ2) is 7.21. The van der Waals surface area contributed by atoms with E-state index in [0.29, 0.717) is 6.61 Å². The minimum Gasteiger partial charge on any atom is -0.396 e. The number of rotatable bonds is 7. The Morgan fingerprint density at radius 3 is 2.86 bits per heavy atom. The topological polar surface area (TPSA) is 35.5 Å². The van der Waals surface area contributed by atoms with E-state index in [-0.39, 0.29) is 0 Å². The van der Waals surface area contributed by atoms with Gasteiger partial charge in [-0.15, -0.1) is 0 Å². The van der Waals surface area contributed by atoms with Crippen molar-refractivity contribution in [2.24, 2.45) is 5.92 Å². The van der Waals surface area contributed by atoms with Crippen molar-refractivity contribution in [2.75, 3.05) is 39.8 Å². The van der Waals surface area contributed by atoms with Gasteiger partial charge in [0.15, 0.2) is 0 Å². The molecule has 1 atom stereocenters. The van der Waals surface area contributed by atoms with Crippen LogP contribution in [0, 0.1) is 5.92 Å². The molecule has 84 valence electrons. The summed E-state index contributed by atoms with van der Waals surface area (Å²) < 4.78 is 0. The number of nitrogens with one attached hydrogen (secondary N) is 1. The summed E-state index contributed by atoms with van der Waals surface area (Å²) in [6.07, 6.45) is 4.71. The lowest BCUT2D eigenvalue weighted by Gasteiger charge is -2.10. The van der Waals surface area contributed by atoms with Gasteiger partial charge in [-0.3, -0.25) is 0 Å². The number of hydrogen-bond donors (Lipinski definition) is 2. The highest BCUT2D eigenvalue weighted by atomic mass is 16.2. The van der Waals surface area contributed by atoms with Crippen molar-refractivity contribution in [1.29, 1.82) is 0 Å². The summed E-state index contributed by atoms with van der Waals surface area (Å²) in [6, 6.07) is 0. The molecule has 0 radical (unpaired) electrons. The third-order valence-electron chi connectivity index (χ3n) is 2.98. The van der Waals surface area contributed by atoms with Crippen LogP contribution in [-0.4, -0.2) is 49.8 Å². The van der Waals surface area contributed by atoms with E-state index in [1.807, 2.05) is 0 Å². The van der Waals surface area contributed by atoms with E-state index in [9.17, 15) is 0 Å². The maximum Gasteiger partial charge on any atom is 0.0431 e. The number of aliphatic hydroxyl groups is 1. The largest absolute Gasteiger partial charge is 0.396 e. The summed E-state index contributed by atoms with van der Waals surface area (Å²) in [7, 11) is 2.20. The van der Waals surface area contributed by atoms with E-state index in [1.54, 1.807) is 0 Å². The Labute approximate surface area is 87.5 Å². The molecule has 0 bridgehead atoms. The lowest BCUT2D eigenvalue weighted by atomic mass is 10.1. The molecule has 1 aliphatic rings. The number of unbranched alkanes of at least 4 members (excludes halogenated alkanes) is 1. The van der Waals surface area contributed by atoms with E-state index < -0.39 is 0 Å². The zero-order chi connectivity index (χ0) is 10.2. The molecule has 1 fully saturated rings. The molecule has 1 rings (SSSR count). The van der Waals surface area contributed by atoms with E-state index >= 15 is 0 Å². The SMILES string of the molecule is CN1CCC(CCNCCCCO)C1. The van der Waals surface area contributed by atoms with Gasteiger partial charge in [0, 0.05) is 13.2 Å². The van der Waals surface area contributed by atoms with Crippen LogP contribution in [0.25, 0.3) is 0 Å². The third kappa shape index (κ3) is 4.94. The van der Waals surface area contributed by atoms with Gasteiger partial charge < -0.3 is 15.3 Å². The molecule has 2 N–H and O–H groups in total. The van der Waals surface area contributed by atoms with Gasteiger partial charge in [-0.2, -0.15) is 0 Å². The number of hydrogen-bond acceptors (Lipinski definition) is 3. The summed E-state index contributed by atoms with van der Waals surface area (Å²) in [5, 5.41) is 12.0. The Kier molecular flexibility index (Phi) is 6.15. The van der Waals surface area contributed by atoms with Crippen molar-refractivity contribution < 1.29 is 5.11 Å². The third-order valence-corrected chi connectivity index (χ3v) is 2.98. The van der Waals surface area contributed by atoms with Gasteiger partial charge in [0.1, 0.15) is 0 Å². The van der Waals surface area contributed by atoms with Crippen LogP contribution in [0.2, 0.25) is 0 Å². The molecular weight excluding hydrogens is 176 g/mol. The molecule has 0 saturated carbocycles. The average molecular weight is 200 g/mol. The van der Waals surface area contributed by atoms with Crippen molar-refractivity contribution in [1.82, 2.24) is 10.2 Å². The maximum absolute atomic E-state index is 8.59. The highest BCUT2D eigenvalue weighted by Gasteiger charge is 2.18. The molecule has 0 aromatic heterocycles. The minimum absolute atomic E-state index is 0.328. The summed E-state index contributed by atoms with van der Waals surface area (Å²) in [5.41, 5.74) is 0. The second-order valence-corrected chi connectivity index (χ2v) is 4.39. The highest BCUT2D eigenvalue weighted by Crippen LogP contribution is 2.16. The van der Waals surface area contributed by atoms with Gasteiger partial charge >= 0.3 is 0 Å². The molecule has 0 amide bonds. The Hall–Kier alpha value is -0.120. The molecule has 1 saturated heterocycles. The predicted octanol–water partition coefficient (Wildman–Crippen LogP) is 0.690. The van der Waals surface area contributed by atoms with Gasteiger partial charge in [-0.25, -0.2) is 0 Å². The monoisotopic (exact) mass is 200 g/mol. The summed E-state index contributed by atoms with van der Waals surface area (Å²) in [5.74, 6) is 0.908. The average Bonchev–Trinajstić information content (AvgIpc) is 2.58. The van der Waals surface area contributed by atoms with Crippen LogP contribution in [0.3, 0.4) is 0 Å². The molecule has 14 heavy (non-hydrogen) atoms. The fourth-order valence-electron chi connectivity index (χ4n) is 2.05. The molecule has 0 aromatic carbocycles. The quantitative estimate of drug-likeness (QED) is 0.594. The van der Waals surface area contributed by atoms with Crippen LogP contribution < -0.4 is 5.32 Å². The van der Waals surface area contributed by atoms with E-state index in [1.165, 1.54) is 25.9 Å². The Morgan fingerprint density at radius 2 is 2.21 bits per heavy atom. The lowest BCUT2D eigenvalue weighted by molar-refractivity contribution is 0.283. The van der Waals surface area contributed by atoms with E-state index in [2.05, 4.69) is 17.3 Å². The maximum atomic E-state index is 8.59. The first kappa shape index (κ1) is 12.0. The molecule has 0 spiro atoms. The zero-order valence-electron chi connectivity index (χ0n) is 9.34. The van der Waals surface area contributed by atoms with Gasteiger partial charge in [-0.05, 0) is 58.3 Å². The van der Waals surface area contributed by atoms with Gasteiger partial charge in [-0.1, -0.05) is 0 Å². The molecule has 0 aliphatic carbocycles. The fraction of sp³-hybridized carbons (Fsp3) is 1.00. The molecular formula is C11H24N2O. The van der Waals surface area contributed by atoms with Gasteiger partial charge in [0.2, 0.25) is 0 Å². The predicted molar refractivity (Wildman–Crippen MR) is 59.4 cm³/mol. The van der Waals surface area contributed by atoms with Crippen LogP contribution in [-0.2, 0) is 0 Å². The fourth-order valence-corrected chi connectivity index (χ4v) is 2.05. The van der Waals surface area contributed by atoms with Crippen molar-refractivity contribution in [3.8, 4) is 0 Å². The molecule has 3 nitrogen and oxygen atoms in total. The van der Waals surface area contributed by atoms with Crippen molar-refractivity contribution >= 4 is 0 Å². The number of nitrogens with zero attached hydrogens (tertiary/aromatic N) is 1. The minimum atomic E-state index is 0.328. The number of aliphatic hydroxyl groups excluding tert-OH is 1. The smallest absolute Gasteiger partial charge is 0.0431 e. The molecule has 3 heteroatoms. The Balaban J connectivity index is 1.84. The summed E-state index contributed by atoms with van der Waals surface area (Å²) in [4.78, 5) is 2.41. The van der Waals surface area contributed by atoms with Gasteiger partial charge in [0.05, 0.1) is 0 Å². The molecule has 1 heterocycles. The lowest BCUT2D eigenvalue weighted by Crippen LogP contribution is -2.21. The van der Waals surface area contributed by atoms with Gasteiger partial charge in [0.25, 0.3) is 0 Å². The summed E-state index contributed by atoms with van der Waals surface area (Å²) >= 11 is 0. The van der Waals surface area contributed by atoms with Crippen LogP contribution in [0.1, 0.15) is 25.7 Å². The van der Waals surface area contributed by atoms with Crippen molar-refractivity contribution in [3.63, 3.8) is 0 Å². The van der Waals surface area contributed by atoms with Crippen LogP contribution in [0.5, 0.6) is 0 Å². The first-order valence-corrected chi connectivity index (χ1v) is 5.83. The first-order chi connectivity index (χ1) is 6.83. The normalized spacial score (nSPS) is 23.1. The number of likely N-dealkylation sites (tertiary alicyclic amines) is 1. The van der Waals surface area contributed by atoms with Crippen LogP contribution >= 0.6 is 0 Å². The summed E-state index contributed by atoms with van der Waals surface area (Å²) in [6.45, 7) is 5.08. The van der Waals surface area contributed by atoms with Crippen LogP contribution in [0.15, 0.2) is 0 Å². The highest BCUT2D eigenvalue weighted by molar-refractivity contribution is 4.73. The molecule has 1 aliphatic heterocycles.